The first-order chi connectivity index (χ1) is 15.6. The third-order valence-electron chi connectivity index (χ3n) is 6.54. The molecule has 0 saturated carbocycles. The number of piperidine rings is 1. The lowest BCUT2D eigenvalue weighted by Crippen LogP contribution is -2.50. The minimum atomic E-state index is -0.651. The van der Waals surface area contributed by atoms with Crippen LogP contribution in [0, 0.1) is 5.92 Å². The van der Waals surface area contributed by atoms with Crippen molar-refractivity contribution in [1.29, 1.82) is 0 Å². The van der Waals surface area contributed by atoms with Gasteiger partial charge >= 0.3 is 0 Å². The zero-order valence-corrected chi connectivity index (χ0v) is 18.6. The van der Waals surface area contributed by atoms with Crippen LogP contribution >= 0.6 is 0 Å². The molecule has 0 radical (unpaired) electrons. The number of hydrogen-bond donors (Lipinski definition) is 1. The Hall–Kier alpha value is -2.77. The lowest BCUT2D eigenvalue weighted by molar-refractivity contribution is -0.146. The lowest BCUT2D eigenvalue weighted by Gasteiger charge is -2.36. The number of ether oxygens (including phenoxy) is 2. The van der Waals surface area contributed by atoms with Crippen molar-refractivity contribution in [3.63, 3.8) is 0 Å². The molecule has 0 spiro atoms. The van der Waals surface area contributed by atoms with Crippen LogP contribution in [0.5, 0.6) is 11.5 Å². The summed E-state index contributed by atoms with van der Waals surface area (Å²) >= 11 is 0. The molecular weight excluding hydrogens is 410 g/mol. The van der Waals surface area contributed by atoms with Gasteiger partial charge < -0.3 is 24.6 Å². The van der Waals surface area contributed by atoms with Gasteiger partial charge in [0, 0.05) is 45.1 Å². The van der Waals surface area contributed by atoms with E-state index in [0.717, 1.165) is 32.2 Å². The van der Waals surface area contributed by atoms with Gasteiger partial charge in [0.05, 0.1) is 0 Å². The zero-order chi connectivity index (χ0) is 22.3. The van der Waals surface area contributed by atoms with Crippen molar-refractivity contribution >= 4 is 17.7 Å². The molecule has 3 aliphatic heterocycles. The Bertz CT molecular complexity index is 822. The van der Waals surface area contributed by atoms with Gasteiger partial charge in [-0.2, -0.15) is 0 Å². The van der Waals surface area contributed by atoms with Gasteiger partial charge in [0.25, 0.3) is 5.91 Å². The second-order valence-electron chi connectivity index (χ2n) is 8.80. The average Bonchev–Trinajstić information content (AvgIpc) is 2.88. The monoisotopic (exact) mass is 443 g/mol. The molecule has 3 amide bonds. The fourth-order valence-electron chi connectivity index (χ4n) is 4.62. The normalized spacial score (nSPS) is 23.1. The van der Waals surface area contributed by atoms with Gasteiger partial charge in [-0.1, -0.05) is 25.0 Å². The van der Waals surface area contributed by atoms with Crippen LogP contribution in [0.3, 0.4) is 0 Å². The van der Waals surface area contributed by atoms with E-state index in [1.165, 1.54) is 0 Å². The SMILES string of the molecule is O=C1CCN(C(=O)C2CCN(C(=O)C3COc4ccccc4O3)CC2)CCCCCCN1. The van der Waals surface area contributed by atoms with E-state index in [4.69, 9.17) is 9.47 Å². The molecule has 2 saturated heterocycles. The van der Waals surface area contributed by atoms with Crippen molar-refractivity contribution in [2.75, 3.05) is 39.3 Å². The van der Waals surface area contributed by atoms with Crippen LogP contribution < -0.4 is 14.8 Å². The van der Waals surface area contributed by atoms with Crippen LogP contribution in [0.15, 0.2) is 24.3 Å². The first-order valence-corrected chi connectivity index (χ1v) is 11.8. The topological polar surface area (TPSA) is 88.2 Å². The number of hydrogen-bond acceptors (Lipinski definition) is 5. The number of likely N-dealkylation sites (tertiary alicyclic amines) is 1. The van der Waals surface area contributed by atoms with Crippen LogP contribution in [0.2, 0.25) is 0 Å². The van der Waals surface area contributed by atoms with Crippen LogP contribution in [0.1, 0.15) is 44.9 Å². The summed E-state index contributed by atoms with van der Waals surface area (Å²) in [6, 6.07) is 7.35. The molecule has 1 aromatic rings. The molecule has 8 heteroatoms. The number of carbonyl (C=O) groups is 3. The predicted molar refractivity (Wildman–Crippen MR) is 118 cm³/mol. The summed E-state index contributed by atoms with van der Waals surface area (Å²) in [6.45, 7) is 3.16. The van der Waals surface area contributed by atoms with Crippen molar-refractivity contribution in [2.45, 2.75) is 51.0 Å². The summed E-state index contributed by atoms with van der Waals surface area (Å²) in [7, 11) is 0. The maximum Gasteiger partial charge on any atom is 0.267 e. The number of para-hydroxylation sites is 2. The van der Waals surface area contributed by atoms with Crippen LogP contribution in [-0.4, -0.2) is 73.0 Å². The van der Waals surface area contributed by atoms with E-state index in [1.54, 1.807) is 11.0 Å². The number of rotatable bonds is 2. The molecule has 3 heterocycles. The maximum absolute atomic E-state index is 13.2. The molecule has 4 rings (SSSR count). The average molecular weight is 444 g/mol. The molecule has 8 nitrogen and oxygen atoms in total. The highest BCUT2D eigenvalue weighted by molar-refractivity contribution is 5.83. The van der Waals surface area contributed by atoms with Gasteiger partial charge in [-0.05, 0) is 37.8 Å². The van der Waals surface area contributed by atoms with E-state index in [9.17, 15) is 14.4 Å². The molecule has 174 valence electrons. The highest BCUT2D eigenvalue weighted by Crippen LogP contribution is 2.32. The second kappa shape index (κ2) is 10.7. The Labute approximate surface area is 189 Å². The third kappa shape index (κ3) is 5.53. The van der Waals surface area contributed by atoms with Gasteiger partial charge in [0.15, 0.2) is 11.5 Å². The first kappa shape index (κ1) is 22.4. The number of carbonyl (C=O) groups excluding carboxylic acids is 3. The maximum atomic E-state index is 13.2. The standard InChI is InChI=1S/C24H33N3O5/c28-22-11-16-26(13-6-2-1-5-12-25-22)23(29)18-9-14-27(15-10-18)24(30)21-17-31-19-7-3-4-8-20(19)32-21/h3-4,7-8,18,21H,1-2,5-6,9-17H2,(H,25,28). The van der Waals surface area contributed by atoms with Crippen molar-refractivity contribution < 1.29 is 23.9 Å². The van der Waals surface area contributed by atoms with E-state index in [0.29, 0.717) is 56.9 Å². The van der Waals surface area contributed by atoms with E-state index in [1.807, 2.05) is 23.1 Å². The Kier molecular flexibility index (Phi) is 7.50. The summed E-state index contributed by atoms with van der Waals surface area (Å²) in [6.07, 6.45) is 5.07. The van der Waals surface area contributed by atoms with Crippen LogP contribution in [-0.2, 0) is 14.4 Å². The molecule has 1 unspecified atom stereocenters. The van der Waals surface area contributed by atoms with Gasteiger partial charge in [0.2, 0.25) is 17.9 Å². The van der Waals surface area contributed by atoms with Crippen molar-refractivity contribution in [2.24, 2.45) is 5.92 Å². The highest BCUT2D eigenvalue weighted by atomic mass is 16.6. The lowest BCUT2D eigenvalue weighted by atomic mass is 9.94. The Morgan fingerprint density at radius 2 is 1.59 bits per heavy atom. The summed E-state index contributed by atoms with van der Waals surface area (Å²) in [4.78, 5) is 41.8. The molecule has 3 aliphatic rings. The predicted octanol–water partition coefficient (Wildman–Crippen LogP) is 1.97. The fourth-order valence-corrected chi connectivity index (χ4v) is 4.62. The van der Waals surface area contributed by atoms with Crippen molar-refractivity contribution in [1.82, 2.24) is 15.1 Å². The molecule has 0 bridgehead atoms. The molecular formula is C24H33N3O5. The number of amides is 3. The molecule has 2 fully saturated rings. The van der Waals surface area contributed by atoms with Gasteiger partial charge in [0.1, 0.15) is 6.61 Å². The minimum absolute atomic E-state index is 0.0152. The largest absolute Gasteiger partial charge is 0.485 e. The van der Waals surface area contributed by atoms with Crippen LogP contribution in [0.25, 0.3) is 0 Å². The van der Waals surface area contributed by atoms with Crippen LogP contribution in [0.4, 0.5) is 0 Å². The highest BCUT2D eigenvalue weighted by Gasteiger charge is 2.35. The third-order valence-corrected chi connectivity index (χ3v) is 6.54. The van der Waals surface area contributed by atoms with Gasteiger partial charge in [-0.3, -0.25) is 14.4 Å². The number of fused-ring (bicyclic) bond motifs is 1. The summed E-state index contributed by atoms with van der Waals surface area (Å²) in [5, 5.41) is 2.93. The summed E-state index contributed by atoms with van der Waals surface area (Å²) < 4.78 is 11.5. The van der Waals surface area contributed by atoms with Gasteiger partial charge in [-0.15, -0.1) is 0 Å². The fraction of sp³-hybridized carbons (Fsp3) is 0.625. The molecule has 0 aromatic heterocycles. The quantitative estimate of drug-likeness (QED) is 0.755. The van der Waals surface area contributed by atoms with Crippen molar-refractivity contribution in [3.05, 3.63) is 24.3 Å². The summed E-state index contributed by atoms with van der Waals surface area (Å²) in [5.41, 5.74) is 0. The molecule has 1 N–H and O–H groups in total. The van der Waals surface area contributed by atoms with E-state index in [-0.39, 0.29) is 30.2 Å². The number of benzene rings is 1. The minimum Gasteiger partial charge on any atom is -0.485 e. The first-order valence-electron chi connectivity index (χ1n) is 11.8. The summed E-state index contributed by atoms with van der Waals surface area (Å²) in [5.74, 6) is 1.20. The van der Waals surface area contributed by atoms with E-state index in [2.05, 4.69) is 5.32 Å². The zero-order valence-electron chi connectivity index (χ0n) is 18.6. The van der Waals surface area contributed by atoms with Gasteiger partial charge in [-0.25, -0.2) is 0 Å². The Balaban J connectivity index is 1.29. The number of nitrogens with zero attached hydrogens (tertiary/aromatic N) is 2. The van der Waals surface area contributed by atoms with E-state index < -0.39 is 6.10 Å². The smallest absolute Gasteiger partial charge is 0.267 e. The Morgan fingerprint density at radius 3 is 2.41 bits per heavy atom. The molecule has 0 aliphatic carbocycles. The second-order valence-corrected chi connectivity index (χ2v) is 8.80. The molecule has 1 aromatic carbocycles. The Morgan fingerprint density at radius 1 is 0.875 bits per heavy atom. The molecule has 32 heavy (non-hydrogen) atoms. The van der Waals surface area contributed by atoms with Crippen molar-refractivity contribution in [3.8, 4) is 11.5 Å². The molecule has 1 atom stereocenters. The number of nitrogens with one attached hydrogen (secondary N) is 1. The van der Waals surface area contributed by atoms with E-state index >= 15 is 0 Å².